The Morgan fingerprint density at radius 3 is 2.44 bits per heavy atom. The van der Waals surface area contributed by atoms with E-state index in [4.69, 9.17) is 49.0 Å². The Kier molecular flexibility index (Phi) is 7.59. The Morgan fingerprint density at radius 2 is 1.78 bits per heavy atom. The van der Waals surface area contributed by atoms with E-state index in [1.165, 1.54) is 11.8 Å². The number of carbonyl (C=O) groups excluding carboxylic acids is 1. The maximum absolute atomic E-state index is 12.4. The number of rotatable bonds is 4. The number of alkyl halides is 3. The summed E-state index contributed by atoms with van der Waals surface area (Å²) < 4.78 is 15.9. The van der Waals surface area contributed by atoms with Gasteiger partial charge in [0.05, 0.1) is 12.6 Å². The van der Waals surface area contributed by atoms with Crippen LogP contribution in [0.4, 0.5) is 0 Å². The molecule has 0 bridgehead atoms. The third kappa shape index (κ3) is 5.54. The summed E-state index contributed by atoms with van der Waals surface area (Å²) in [6.07, 6.45) is -3.07. The number of aryl methyl sites for hydroxylation is 1. The summed E-state index contributed by atoms with van der Waals surface area (Å²) in [5.41, 5.74) is 1.27. The lowest BCUT2D eigenvalue weighted by Crippen LogP contribution is -2.66. The number of aliphatic hydroxyl groups is 1. The molecule has 0 aliphatic carbocycles. The van der Waals surface area contributed by atoms with Gasteiger partial charge in [-0.3, -0.25) is 4.79 Å². The lowest BCUT2D eigenvalue weighted by Gasteiger charge is -2.48. The number of fused-ring (bicyclic) bond motifs is 1. The Labute approximate surface area is 205 Å². The van der Waals surface area contributed by atoms with Crippen molar-refractivity contribution >= 4 is 52.5 Å². The van der Waals surface area contributed by atoms with E-state index in [1.54, 1.807) is 0 Å². The van der Waals surface area contributed by atoms with Gasteiger partial charge >= 0.3 is 0 Å². The van der Waals surface area contributed by atoms with E-state index in [0.717, 1.165) is 16.0 Å². The first-order valence-corrected chi connectivity index (χ1v) is 12.0. The van der Waals surface area contributed by atoms with Crippen LogP contribution in [-0.2, 0) is 19.0 Å². The summed E-state index contributed by atoms with van der Waals surface area (Å²) in [6, 6.07) is 16.3. The van der Waals surface area contributed by atoms with Gasteiger partial charge in [-0.05, 0) is 19.1 Å². The first-order chi connectivity index (χ1) is 15.2. The molecule has 1 amide bonds. The van der Waals surface area contributed by atoms with Gasteiger partial charge in [-0.1, -0.05) is 94.6 Å². The minimum absolute atomic E-state index is 0.220. The highest BCUT2D eigenvalue weighted by molar-refractivity contribution is 7.99. The van der Waals surface area contributed by atoms with Crippen LogP contribution in [0, 0.1) is 6.92 Å². The maximum Gasteiger partial charge on any atom is 0.272 e. The van der Waals surface area contributed by atoms with Crippen LogP contribution in [0.5, 0.6) is 0 Å². The molecule has 0 saturated carbocycles. The number of ether oxygens (including phenoxy) is 3. The number of benzene rings is 2. The first kappa shape index (κ1) is 24.1. The van der Waals surface area contributed by atoms with Crippen LogP contribution < -0.4 is 5.32 Å². The number of aliphatic hydroxyl groups excluding tert-OH is 1. The molecule has 0 radical (unpaired) electrons. The fraction of sp³-hybridized carbons (Fsp3) is 0.409. The molecule has 0 spiro atoms. The fourth-order valence-corrected chi connectivity index (χ4v) is 4.91. The summed E-state index contributed by atoms with van der Waals surface area (Å²) in [5, 5.41) is 13.8. The number of amides is 1. The topological polar surface area (TPSA) is 77.0 Å². The molecule has 2 heterocycles. The zero-order valence-corrected chi connectivity index (χ0v) is 20.1. The second-order valence-electron chi connectivity index (χ2n) is 7.64. The molecule has 2 aromatic carbocycles. The number of halogens is 3. The highest BCUT2D eigenvalue weighted by atomic mass is 35.6. The summed E-state index contributed by atoms with van der Waals surface area (Å²) in [6.45, 7) is 2.21. The van der Waals surface area contributed by atoms with Crippen molar-refractivity contribution in [2.45, 2.75) is 51.7 Å². The van der Waals surface area contributed by atoms with Crippen molar-refractivity contribution in [1.29, 1.82) is 0 Å². The molecule has 2 fully saturated rings. The van der Waals surface area contributed by atoms with Gasteiger partial charge in [0.25, 0.3) is 9.70 Å². The second-order valence-corrected chi connectivity index (χ2v) is 11.1. The first-order valence-electron chi connectivity index (χ1n) is 9.99. The monoisotopic (exact) mass is 517 g/mol. The Balaban J connectivity index is 1.56. The predicted molar refractivity (Wildman–Crippen MR) is 124 cm³/mol. The Bertz CT molecular complexity index is 927. The number of nitrogens with one attached hydrogen (secondary N) is 1. The summed E-state index contributed by atoms with van der Waals surface area (Å²) in [5.74, 6) is -0.852. The average Bonchev–Trinajstić information content (AvgIpc) is 2.77. The lowest BCUT2D eigenvalue weighted by atomic mass is 9.96. The second kappa shape index (κ2) is 10.1. The van der Waals surface area contributed by atoms with Gasteiger partial charge in [0, 0.05) is 10.5 Å². The maximum atomic E-state index is 12.4. The van der Waals surface area contributed by atoms with E-state index >= 15 is 0 Å². The molecule has 2 aliphatic heterocycles. The molecule has 2 saturated heterocycles. The summed E-state index contributed by atoms with van der Waals surface area (Å²) in [4.78, 5) is 13.3. The van der Waals surface area contributed by atoms with Gasteiger partial charge in [-0.25, -0.2) is 0 Å². The van der Waals surface area contributed by atoms with Crippen molar-refractivity contribution in [3.8, 4) is 0 Å². The average molecular weight is 519 g/mol. The molecule has 4 rings (SSSR count). The standard InChI is InChI=1S/C22H22Cl3NO5S/c1-12-7-9-14(10-8-12)32-20-16(26-21(28)22(23,24)25)17(27)18-15(30-20)11-29-19(31-18)13-5-3-2-4-6-13/h2-10,15-20,27H,11H2,1H3,(H,26,28)/t15-,16-,17-,18-,19?,20+/m1/s1. The number of hydrogen-bond donors (Lipinski definition) is 2. The van der Waals surface area contributed by atoms with Crippen LogP contribution in [0.15, 0.2) is 59.5 Å². The van der Waals surface area contributed by atoms with Crippen LogP contribution in [0.3, 0.4) is 0 Å². The molecule has 32 heavy (non-hydrogen) atoms. The fourth-order valence-electron chi connectivity index (χ4n) is 3.61. The molecule has 172 valence electrons. The molecular formula is C22H22Cl3NO5S. The van der Waals surface area contributed by atoms with Crippen molar-refractivity contribution in [3.63, 3.8) is 0 Å². The third-order valence-electron chi connectivity index (χ3n) is 5.27. The van der Waals surface area contributed by atoms with E-state index in [1.807, 2.05) is 61.5 Å². The van der Waals surface area contributed by atoms with Gasteiger partial charge < -0.3 is 24.6 Å². The number of carbonyl (C=O) groups is 1. The van der Waals surface area contributed by atoms with Gasteiger partial charge in [0.1, 0.15) is 23.7 Å². The van der Waals surface area contributed by atoms with E-state index in [9.17, 15) is 9.90 Å². The highest BCUT2D eigenvalue weighted by Gasteiger charge is 2.51. The number of hydrogen-bond acceptors (Lipinski definition) is 6. The number of thioether (sulfide) groups is 1. The van der Waals surface area contributed by atoms with Crippen LogP contribution >= 0.6 is 46.6 Å². The van der Waals surface area contributed by atoms with Crippen LogP contribution in [0.1, 0.15) is 17.4 Å². The van der Waals surface area contributed by atoms with E-state index in [0.29, 0.717) is 0 Å². The molecule has 2 aliphatic rings. The van der Waals surface area contributed by atoms with Crippen LogP contribution in [0.25, 0.3) is 0 Å². The van der Waals surface area contributed by atoms with Gasteiger partial charge in [0.15, 0.2) is 6.29 Å². The highest BCUT2D eigenvalue weighted by Crippen LogP contribution is 2.39. The van der Waals surface area contributed by atoms with E-state index in [2.05, 4.69) is 5.32 Å². The van der Waals surface area contributed by atoms with Crippen molar-refractivity contribution in [2.75, 3.05) is 6.61 Å². The molecule has 6 nitrogen and oxygen atoms in total. The minimum atomic E-state index is -2.18. The quantitative estimate of drug-likeness (QED) is 0.593. The minimum Gasteiger partial charge on any atom is -0.388 e. The lowest BCUT2D eigenvalue weighted by molar-refractivity contribution is -0.306. The van der Waals surface area contributed by atoms with Crippen molar-refractivity contribution in [3.05, 3.63) is 65.7 Å². The van der Waals surface area contributed by atoms with Gasteiger partial charge in [-0.2, -0.15) is 0 Å². The summed E-state index contributed by atoms with van der Waals surface area (Å²) in [7, 11) is 0. The molecule has 0 aromatic heterocycles. The predicted octanol–water partition coefficient (Wildman–Crippen LogP) is 4.14. The zero-order chi connectivity index (χ0) is 22.9. The SMILES string of the molecule is Cc1ccc(S[C@@H]2O[C@@H]3COC(c4ccccc4)O[C@H]3[C@H](O)[C@H]2NC(=O)C(Cl)(Cl)Cl)cc1. The molecule has 2 N–H and O–H groups in total. The van der Waals surface area contributed by atoms with Crippen molar-refractivity contribution in [1.82, 2.24) is 5.32 Å². The smallest absolute Gasteiger partial charge is 0.272 e. The van der Waals surface area contributed by atoms with Crippen LogP contribution in [0.2, 0.25) is 0 Å². The van der Waals surface area contributed by atoms with Crippen LogP contribution in [-0.4, -0.2) is 51.2 Å². The molecule has 10 heteroatoms. The molecule has 1 unspecified atom stereocenters. The van der Waals surface area contributed by atoms with Crippen molar-refractivity contribution < 1.29 is 24.1 Å². The molecule has 6 atom stereocenters. The normalized spacial score (nSPS) is 30.4. The van der Waals surface area contributed by atoms with Gasteiger partial charge in [0.2, 0.25) is 0 Å². The Morgan fingerprint density at radius 1 is 1.09 bits per heavy atom. The van der Waals surface area contributed by atoms with E-state index < -0.39 is 45.8 Å². The molecule has 2 aromatic rings. The molecular weight excluding hydrogens is 497 g/mol. The third-order valence-corrected chi connectivity index (χ3v) is 6.96. The zero-order valence-electron chi connectivity index (χ0n) is 17.0. The van der Waals surface area contributed by atoms with Crippen molar-refractivity contribution in [2.24, 2.45) is 0 Å². The Hall–Kier alpha value is -1.03. The van der Waals surface area contributed by atoms with E-state index in [-0.39, 0.29) is 6.61 Å². The largest absolute Gasteiger partial charge is 0.388 e. The summed E-state index contributed by atoms with van der Waals surface area (Å²) >= 11 is 18.6. The van der Waals surface area contributed by atoms with Gasteiger partial charge in [-0.15, -0.1) is 0 Å².